The molecular formula is C8H15NO2S. The van der Waals surface area contributed by atoms with Crippen molar-refractivity contribution in [1.29, 1.82) is 0 Å². The fourth-order valence-corrected chi connectivity index (χ4v) is 1.68. The molecule has 70 valence electrons. The lowest BCUT2D eigenvalue weighted by atomic mass is 9.80. The molecule has 0 amide bonds. The zero-order valence-electron chi connectivity index (χ0n) is 7.23. The average Bonchev–Trinajstić information content (AvgIpc) is 1.78. The summed E-state index contributed by atoms with van der Waals surface area (Å²) in [4.78, 5) is 0. The van der Waals surface area contributed by atoms with Crippen LogP contribution in [0.4, 0.5) is 0 Å². The largest absolute Gasteiger partial charge is 0.324 e. The zero-order valence-corrected chi connectivity index (χ0v) is 8.05. The van der Waals surface area contributed by atoms with Gasteiger partial charge in [0.2, 0.25) is 0 Å². The highest BCUT2D eigenvalue weighted by molar-refractivity contribution is 7.93. The van der Waals surface area contributed by atoms with E-state index in [2.05, 4.69) is 0 Å². The number of nitrogens with two attached hydrogens (primary N) is 1. The Bertz CT molecular complexity index is 265. The van der Waals surface area contributed by atoms with Crippen molar-refractivity contribution in [3.63, 3.8) is 0 Å². The summed E-state index contributed by atoms with van der Waals surface area (Å²) in [5.74, 6) is 0.503. The average molecular weight is 189 g/mol. The SMILES string of the molecule is CS(=O)(=O)/C=C/C(N)C1CCC1. The van der Waals surface area contributed by atoms with Gasteiger partial charge in [-0.05, 0) is 18.8 Å². The van der Waals surface area contributed by atoms with Crippen LogP contribution in [0.1, 0.15) is 19.3 Å². The molecule has 1 atom stereocenters. The van der Waals surface area contributed by atoms with Crippen LogP contribution >= 0.6 is 0 Å². The second kappa shape index (κ2) is 3.58. The second-order valence-corrected chi connectivity index (χ2v) is 5.36. The van der Waals surface area contributed by atoms with Crippen molar-refractivity contribution >= 4 is 9.84 Å². The fourth-order valence-electron chi connectivity index (χ4n) is 1.22. The van der Waals surface area contributed by atoms with Gasteiger partial charge in [0.1, 0.15) is 0 Å². The summed E-state index contributed by atoms with van der Waals surface area (Å²) in [5.41, 5.74) is 5.73. The molecule has 0 saturated heterocycles. The number of sulfone groups is 1. The lowest BCUT2D eigenvalue weighted by molar-refractivity contribution is 0.289. The molecule has 1 saturated carbocycles. The quantitative estimate of drug-likeness (QED) is 0.710. The molecule has 1 aliphatic rings. The van der Waals surface area contributed by atoms with E-state index >= 15 is 0 Å². The van der Waals surface area contributed by atoms with E-state index in [1.165, 1.54) is 18.1 Å². The third kappa shape index (κ3) is 2.95. The summed E-state index contributed by atoms with van der Waals surface area (Å²) in [7, 11) is -3.00. The Morgan fingerprint density at radius 1 is 1.50 bits per heavy atom. The van der Waals surface area contributed by atoms with Gasteiger partial charge in [-0.3, -0.25) is 0 Å². The summed E-state index contributed by atoms with van der Waals surface area (Å²) in [6.45, 7) is 0. The highest BCUT2D eigenvalue weighted by Crippen LogP contribution is 2.28. The van der Waals surface area contributed by atoms with Crippen molar-refractivity contribution in [2.45, 2.75) is 25.3 Å². The standard InChI is InChI=1S/C8H15NO2S/c1-12(10,11)6-5-8(9)7-3-2-4-7/h5-8H,2-4,9H2,1H3/b6-5+. The minimum Gasteiger partial charge on any atom is -0.324 e. The molecule has 3 nitrogen and oxygen atoms in total. The van der Waals surface area contributed by atoms with Crippen LogP contribution in [0.2, 0.25) is 0 Å². The zero-order chi connectivity index (χ0) is 9.19. The lowest BCUT2D eigenvalue weighted by Gasteiger charge is -2.29. The maximum atomic E-state index is 10.7. The summed E-state index contributed by atoms with van der Waals surface area (Å²) >= 11 is 0. The monoisotopic (exact) mass is 189 g/mol. The Labute approximate surface area is 73.6 Å². The molecule has 0 aliphatic heterocycles. The molecule has 1 fully saturated rings. The maximum Gasteiger partial charge on any atom is 0.168 e. The van der Waals surface area contributed by atoms with Gasteiger partial charge in [-0.1, -0.05) is 12.5 Å². The van der Waals surface area contributed by atoms with Gasteiger partial charge in [-0.2, -0.15) is 0 Å². The topological polar surface area (TPSA) is 60.2 Å². The third-order valence-corrected chi connectivity index (χ3v) is 2.89. The van der Waals surface area contributed by atoms with Crippen LogP contribution in [-0.2, 0) is 9.84 Å². The molecule has 1 rings (SSSR count). The van der Waals surface area contributed by atoms with E-state index in [0.717, 1.165) is 12.8 Å². The number of hydrogen-bond acceptors (Lipinski definition) is 3. The molecular weight excluding hydrogens is 174 g/mol. The first-order valence-corrected chi connectivity index (χ1v) is 6.08. The van der Waals surface area contributed by atoms with Gasteiger partial charge in [0.05, 0.1) is 0 Å². The van der Waals surface area contributed by atoms with Gasteiger partial charge in [-0.25, -0.2) is 8.42 Å². The van der Waals surface area contributed by atoms with Crippen LogP contribution in [0.5, 0.6) is 0 Å². The van der Waals surface area contributed by atoms with E-state index in [-0.39, 0.29) is 6.04 Å². The third-order valence-electron chi connectivity index (χ3n) is 2.24. The predicted octanol–water partition coefficient (Wildman–Crippen LogP) is 0.672. The Balaban J connectivity index is 2.44. The Morgan fingerprint density at radius 2 is 2.08 bits per heavy atom. The molecule has 0 bridgehead atoms. The molecule has 0 heterocycles. The lowest BCUT2D eigenvalue weighted by Crippen LogP contribution is -2.32. The maximum absolute atomic E-state index is 10.7. The highest BCUT2D eigenvalue weighted by Gasteiger charge is 2.22. The van der Waals surface area contributed by atoms with Crippen molar-refractivity contribution in [3.05, 3.63) is 11.5 Å². The minimum atomic E-state index is -3.00. The van der Waals surface area contributed by atoms with Crippen LogP contribution < -0.4 is 5.73 Å². The molecule has 0 radical (unpaired) electrons. The summed E-state index contributed by atoms with van der Waals surface area (Å²) in [6, 6.07) is -0.0755. The van der Waals surface area contributed by atoms with Crippen molar-refractivity contribution in [2.75, 3.05) is 6.26 Å². The predicted molar refractivity (Wildman–Crippen MR) is 49.3 cm³/mol. The van der Waals surface area contributed by atoms with Gasteiger partial charge < -0.3 is 5.73 Å². The second-order valence-electron chi connectivity index (χ2n) is 3.43. The van der Waals surface area contributed by atoms with Gasteiger partial charge in [-0.15, -0.1) is 0 Å². The number of hydrogen-bond donors (Lipinski definition) is 1. The summed E-state index contributed by atoms with van der Waals surface area (Å²) in [5, 5.41) is 1.20. The van der Waals surface area contributed by atoms with E-state index in [0.29, 0.717) is 5.92 Å². The first-order chi connectivity index (χ1) is 5.49. The molecule has 0 aromatic carbocycles. The molecule has 1 unspecified atom stereocenters. The van der Waals surface area contributed by atoms with Crippen molar-refractivity contribution in [1.82, 2.24) is 0 Å². The molecule has 1 aliphatic carbocycles. The molecule has 2 N–H and O–H groups in total. The van der Waals surface area contributed by atoms with Gasteiger partial charge in [0, 0.05) is 17.7 Å². The molecule has 0 aromatic heterocycles. The summed E-state index contributed by atoms with van der Waals surface area (Å²) in [6.07, 6.45) is 6.27. The smallest absolute Gasteiger partial charge is 0.168 e. The normalized spacial score (nSPS) is 22.5. The van der Waals surface area contributed by atoms with Crippen LogP contribution in [0.15, 0.2) is 11.5 Å². The van der Waals surface area contributed by atoms with Gasteiger partial charge in [0.15, 0.2) is 9.84 Å². The molecule has 0 aromatic rings. The van der Waals surface area contributed by atoms with Crippen LogP contribution in [0, 0.1) is 5.92 Å². The first kappa shape index (κ1) is 9.74. The van der Waals surface area contributed by atoms with Crippen LogP contribution in [0.3, 0.4) is 0 Å². The van der Waals surface area contributed by atoms with Crippen molar-refractivity contribution in [2.24, 2.45) is 11.7 Å². The van der Waals surface area contributed by atoms with E-state index in [9.17, 15) is 8.42 Å². The Kier molecular flexibility index (Phi) is 2.90. The van der Waals surface area contributed by atoms with E-state index < -0.39 is 9.84 Å². The molecule has 12 heavy (non-hydrogen) atoms. The van der Waals surface area contributed by atoms with E-state index in [4.69, 9.17) is 5.73 Å². The molecule has 4 heteroatoms. The summed E-state index contributed by atoms with van der Waals surface area (Å²) < 4.78 is 21.4. The van der Waals surface area contributed by atoms with E-state index in [1.807, 2.05) is 0 Å². The first-order valence-electron chi connectivity index (χ1n) is 4.13. The van der Waals surface area contributed by atoms with Crippen LogP contribution in [-0.4, -0.2) is 20.7 Å². The Morgan fingerprint density at radius 3 is 2.42 bits per heavy atom. The van der Waals surface area contributed by atoms with E-state index in [1.54, 1.807) is 6.08 Å². The fraction of sp³-hybridized carbons (Fsp3) is 0.750. The van der Waals surface area contributed by atoms with Gasteiger partial charge >= 0.3 is 0 Å². The van der Waals surface area contributed by atoms with Gasteiger partial charge in [0.25, 0.3) is 0 Å². The minimum absolute atomic E-state index is 0.0755. The van der Waals surface area contributed by atoms with Crippen LogP contribution in [0.25, 0.3) is 0 Å². The van der Waals surface area contributed by atoms with Crippen molar-refractivity contribution in [3.8, 4) is 0 Å². The van der Waals surface area contributed by atoms with Crippen molar-refractivity contribution < 1.29 is 8.42 Å². The highest BCUT2D eigenvalue weighted by atomic mass is 32.2. The molecule has 0 spiro atoms. The number of rotatable bonds is 3. The Hall–Kier alpha value is -0.350.